The number of pyridine rings is 2. The van der Waals surface area contributed by atoms with Gasteiger partial charge in [-0.05, 0) is 49.1 Å². The van der Waals surface area contributed by atoms with Crippen LogP contribution in [0, 0.1) is 5.82 Å². The Kier molecular flexibility index (Phi) is 17.7. The number of rotatable bonds is 22. The molecule has 5 aliphatic heterocycles. The van der Waals surface area contributed by atoms with Gasteiger partial charge in [0.15, 0.2) is 47.2 Å². The van der Waals surface area contributed by atoms with Crippen molar-refractivity contribution in [2.75, 3.05) is 33.4 Å². The van der Waals surface area contributed by atoms with Crippen LogP contribution in [0.25, 0.3) is 22.3 Å². The van der Waals surface area contributed by atoms with Crippen LogP contribution < -0.4 is 24.0 Å². The minimum Gasteiger partial charge on any atom is -0.479 e. The number of cyclic esters (lactones) is 1. The number of amides is 4. The molecule has 0 saturated carbocycles. The number of likely N-dealkylation sites (N-methyl/N-ethyl adjacent to an activating group) is 1. The Labute approximate surface area is 516 Å². The summed E-state index contributed by atoms with van der Waals surface area (Å²) in [5.41, 5.74) is -3.11. The largest absolute Gasteiger partial charge is 0.501 e. The van der Waals surface area contributed by atoms with Crippen LogP contribution in [0.1, 0.15) is 76.1 Å². The molecule has 4 amide bonds. The lowest BCUT2D eigenvalue weighted by molar-refractivity contribution is -0.271. The summed E-state index contributed by atoms with van der Waals surface area (Å²) in [5.74, 6) is -11.1. The molecule has 3 aromatic heterocycles. The van der Waals surface area contributed by atoms with Gasteiger partial charge in [0.05, 0.1) is 73.7 Å². The lowest BCUT2D eigenvalue weighted by atomic mass is 9.82. The number of halogens is 1. The lowest BCUT2D eigenvalue weighted by Crippen LogP contribution is -2.61. The van der Waals surface area contributed by atoms with E-state index in [1.54, 1.807) is 0 Å². The summed E-state index contributed by atoms with van der Waals surface area (Å²) in [5, 5.41) is 94.1. The molecule has 11 atom stereocenters. The summed E-state index contributed by atoms with van der Waals surface area (Å²) in [7, 11) is -4.34. The number of aliphatic hydroxyl groups is 6. The first-order valence-corrected chi connectivity index (χ1v) is 29.6. The molecule has 2 saturated heterocycles. The molecule has 0 spiro atoms. The number of nitrogens with one attached hydrogen (secondary N) is 1. The third-order valence-electron chi connectivity index (χ3n) is 16.3. The number of esters is 1. The van der Waals surface area contributed by atoms with E-state index in [2.05, 4.69) is 15.6 Å². The van der Waals surface area contributed by atoms with Crippen molar-refractivity contribution in [1.29, 1.82) is 0 Å². The van der Waals surface area contributed by atoms with Crippen LogP contribution in [-0.2, 0) is 101 Å². The zero-order valence-corrected chi connectivity index (χ0v) is 49.0. The molecule has 1 unspecified atom stereocenters. The Hall–Kier alpha value is -8.95. The Morgan fingerprint density at radius 1 is 0.891 bits per heavy atom. The fraction of sp³-hybridized carbons (Fsp3) is 0.446. The van der Waals surface area contributed by atoms with Crippen molar-refractivity contribution in [2.45, 2.75) is 126 Å². The van der Waals surface area contributed by atoms with E-state index in [0.29, 0.717) is 5.69 Å². The van der Waals surface area contributed by atoms with Gasteiger partial charge in [0.2, 0.25) is 12.2 Å². The predicted octanol–water partition coefficient (Wildman–Crippen LogP) is -2.96. The van der Waals surface area contributed by atoms with Gasteiger partial charge in [0.1, 0.15) is 43.3 Å². The number of hydrogen-bond donors (Lipinski definition) is 9. The van der Waals surface area contributed by atoms with E-state index in [0.717, 1.165) is 46.2 Å². The van der Waals surface area contributed by atoms with Crippen LogP contribution in [-0.4, -0.2) is 214 Å². The highest BCUT2D eigenvalue weighted by molar-refractivity contribution is 7.82. The summed E-state index contributed by atoms with van der Waals surface area (Å²) >= 11 is 0. The summed E-state index contributed by atoms with van der Waals surface area (Å²) < 4.78 is 91.8. The van der Waals surface area contributed by atoms with E-state index in [9.17, 15) is 87.6 Å². The molecule has 0 radical (unpaired) electrons. The smallest absolute Gasteiger partial charge is 0.479 e. The average Bonchev–Trinajstić information content (AvgIpc) is 1.70. The SMILES string of the molecule is CC[C@@]1(O)C(=O)OCc2c1cc1n(c2=O)Cc2c-1nc1cc(F)c(OS(=O)(=O)Oc3cc(C(=O)N(C)CCOCCn4cc(CN5C(=O)C=CC5=O)nn4)ccc3O[C@H]3O[C@H](C(=O)O)[C@@H](O)[C@H](O)[C@H]3O)c3c1c2[C@@H](NC(=O)CO[C@H]1O[C@H](C(=O)O)CC(O)[C@H]1O)CC3. The van der Waals surface area contributed by atoms with E-state index in [1.165, 1.54) is 35.5 Å². The second-order valence-electron chi connectivity index (χ2n) is 22.1. The quantitative estimate of drug-likeness (QED) is 0.0186. The normalized spacial score (nSPS) is 25.6. The highest BCUT2D eigenvalue weighted by atomic mass is 32.3. The molecule has 8 heterocycles. The number of fused-ring (bicyclic) bond motifs is 5. The van der Waals surface area contributed by atoms with Crippen LogP contribution in [0.3, 0.4) is 0 Å². The molecule has 11 rings (SSSR count). The summed E-state index contributed by atoms with van der Waals surface area (Å²) in [4.78, 5) is 110. The van der Waals surface area contributed by atoms with Crippen molar-refractivity contribution in [3.63, 3.8) is 0 Å². The van der Waals surface area contributed by atoms with Crippen molar-refractivity contribution >= 4 is 62.8 Å². The van der Waals surface area contributed by atoms with E-state index >= 15 is 4.39 Å². The topological polar surface area (TPSA) is 473 Å². The number of hydrogen-bond acceptors (Lipinski definition) is 27. The molecule has 92 heavy (non-hydrogen) atoms. The van der Waals surface area contributed by atoms with E-state index < -0.39 is 167 Å². The molecule has 5 aromatic rings. The first-order valence-electron chi connectivity index (χ1n) is 28.3. The maximum Gasteiger partial charge on any atom is 0.501 e. The maximum absolute atomic E-state index is 17.0. The molecule has 2 fully saturated rings. The predicted molar refractivity (Wildman–Crippen MR) is 297 cm³/mol. The number of imide groups is 1. The highest BCUT2D eigenvalue weighted by Crippen LogP contribution is 2.48. The van der Waals surface area contributed by atoms with Crippen LogP contribution >= 0.6 is 0 Å². The molecule has 2 aromatic carbocycles. The van der Waals surface area contributed by atoms with Gasteiger partial charge in [-0.25, -0.2) is 28.4 Å². The second-order valence-corrected chi connectivity index (χ2v) is 23.3. The molecule has 0 bridgehead atoms. The molecule has 9 N–H and O–H groups in total. The van der Waals surface area contributed by atoms with Crippen molar-refractivity contribution in [2.24, 2.45) is 0 Å². The van der Waals surface area contributed by atoms with Crippen molar-refractivity contribution in [1.82, 2.24) is 39.7 Å². The number of aliphatic carboxylic acids is 2. The summed E-state index contributed by atoms with van der Waals surface area (Å²) in [6, 6.07) is 3.86. The number of carbonyl (C=O) groups is 7. The summed E-state index contributed by atoms with van der Waals surface area (Å²) in [6.45, 7) is -0.318. The third kappa shape index (κ3) is 12.2. The number of aliphatic hydroxyl groups excluding tert-OH is 5. The monoisotopic (exact) mass is 1310 g/mol. The molecular weight excluding hydrogens is 1250 g/mol. The van der Waals surface area contributed by atoms with E-state index in [1.807, 2.05) is 0 Å². The van der Waals surface area contributed by atoms with Gasteiger partial charge in [-0.3, -0.25) is 28.9 Å². The molecule has 6 aliphatic rings. The number of aromatic nitrogens is 5. The zero-order valence-electron chi connectivity index (χ0n) is 48.2. The highest BCUT2D eigenvalue weighted by Gasteiger charge is 2.50. The van der Waals surface area contributed by atoms with Gasteiger partial charge < -0.3 is 92.4 Å². The third-order valence-corrected chi connectivity index (χ3v) is 17.0. The average molecular weight is 1310 g/mol. The Morgan fingerprint density at radius 3 is 2.36 bits per heavy atom. The van der Waals surface area contributed by atoms with E-state index in [4.69, 9.17) is 41.8 Å². The van der Waals surface area contributed by atoms with Crippen LogP contribution in [0.4, 0.5) is 4.39 Å². The maximum atomic E-state index is 17.0. The molecular formula is C56H57FN8O26S. The lowest BCUT2D eigenvalue weighted by Gasteiger charge is -2.38. The number of carbonyl (C=O) groups excluding carboxylic acids is 5. The fourth-order valence-corrected chi connectivity index (χ4v) is 12.3. The standard InChI is InChI=1S/C56H57FN8O26S/c1-3-56(81)28-15-32-42-26(20-64(32)50(75)27(28)21-86-55(56)80)41-30(58-37(67)22-85-53-43(70)33(66)17-36(88-53)51(76)77)6-5-25-40(41)31(59-42)16-29(57)47(25)91-92(82,83)90-35-14-23(4-7-34(35)87-54-46(73)44(71)45(72)48(89-54)52(78)79)49(74)62(2)10-12-84-13-11-63-18-24(60-61-63)19-65-38(68)8-9-39(65)69/h4,7-9,14-16,18,30,33,36,43-46,48,53-54,66,70-73,81H,3,5-6,10-13,17,19-22H2,1-2H3,(H,58,67)(H,76,77)(H,78,79)/t30-,33?,36-,43+,44-,45-,46+,48-,53-,54-,56-/m0/s1. The van der Waals surface area contributed by atoms with Crippen molar-refractivity contribution in [3.05, 3.63) is 104 Å². The minimum atomic E-state index is -5.69. The van der Waals surface area contributed by atoms with Crippen molar-refractivity contribution in [3.8, 4) is 28.6 Å². The molecule has 34 nitrogen and oxygen atoms in total. The number of aryl methyl sites for hydroxylation is 1. The fourth-order valence-electron chi connectivity index (χ4n) is 11.5. The number of carboxylic acids is 2. The number of benzene rings is 2. The van der Waals surface area contributed by atoms with E-state index in [-0.39, 0.29) is 114 Å². The van der Waals surface area contributed by atoms with Gasteiger partial charge >= 0.3 is 28.3 Å². The van der Waals surface area contributed by atoms with Gasteiger partial charge in [-0.15, -0.1) is 13.5 Å². The van der Waals surface area contributed by atoms with Crippen LogP contribution in [0.5, 0.6) is 17.2 Å². The van der Waals surface area contributed by atoms with Gasteiger partial charge in [-0.2, -0.15) is 0 Å². The summed E-state index contributed by atoms with van der Waals surface area (Å²) in [6.07, 6.45) is -15.3. The Bertz CT molecular complexity index is 4070. The molecule has 36 heteroatoms. The zero-order chi connectivity index (χ0) is 66.0. The Balaban J connectivity index is 0.888. The Morgan fingerprint density at radius 2 is 1.64 bits per heavy atom. The second kappa shape index (κ2) is 25.3. The van der Waals surface area contributed by atoms with Gasteiger partial charge in [0.25, 0.3) is 23.3 Å². The minimum absolute atomic E-state index is 0.0130. The van der Waals surface area contributed by atoms with Crippen LogP contribution in [0.15, 0.2) is 53.5 Å². The molecule has 1 aliphatic carbocycles. The number of nitrogens with zero attached hydrogens (tertiary/aromatic N) is 7. The first-order chi connectivity index (χ1) is 43.7. The molecule has 490 valence electrons. The van der Waals surface area contributed by atoms with Gasteiger partial charge in [0, 0.05) is 65.9 Å². The first kappa shape index (κ1) is 64.6. The van der Waals surface area contributed by atoms with Gasteiger partial charge in [-0.1, -0.05) is 12.1 Å². The number of ether oxygens (including phenoxy) is 6. The van der Waals surface area contributed by atoms with Crippen molar-refractivity contribution < 1.29 is 124 Å². The van der Waals surface area contributed by atoms with Crippen LogP contribution in [0.2, 0.25) is 0 Å². The number of carboxylic acid groups (broad SMARTS) is 2.